The van der Waals surface area contributed by atoms with Crippen LogP contribution in [-0.2, 0) is 0 Å². The van der Waals surface area contributed by atoms with Crippen molar-refractivity contribution in [2.24, 2.45) is 0 Å². The van der Waals surface area contributed by atoms with Gasteiger partial charge in [-0.25, -0.2) is 4.68 Å². The van der Waals surface area contributed by atoms with Crippen LogP contribution in [0.5, 0.6) is 0 Å². The Morgan fingerprint density at radius 2 is 1.53 bits per heavy atom. The molecule has 1 amide bonds. The smallest absolute Gasteiger partial charge is 0.276 e. The van der Waals surface area contributed by atoms with Crippen molar-refractivity contribution >= 4 is 34.1 Å². The van der Waals surface area contributed by atoms with Crippen LogP contribution < -0.4 is 10.9 Å². The number of para-hydroxylation sites is 1. The first-order valence-corrected chi connectivity index (χ1v) is 10.5. The van der Waals surface area contributed by atoms with Crippen LogP contribution in [0, 0.1) is 0 Å². The fraction of sp³-hybridized carbons (Fsp3) is 0.125. The van der Waals surface area contributed by atoms with Gasteiger partial charge >= 0.3 is 0 Å². The lowest BCUT2D eigenvalue weighted by molar-refractivity contribution is 0.102. The number of benzene rings is 3. The number of carbonyl (C=O) groups excluding carboxylic acids is 1. The minimum Gasteiger partial charge on any atom is -0.320 e. The molecule has 0 saturated carbocycles. The van der Waals surface area contributed by atoms with Gasteiger partial charge in [-0.05, 0) is 44.2 Å². The van der Waals surface area contributed by atoms with E-state index in [1.807, 2.05) is 68.4 Å². The molecule has 0 radical (unpaired) electrons. The highest BCUT2D eigenvalue weighted by molar-refractivity contribution is 7.99. The van der Waals surface area contributed by atoms with Gasteiger partial charge in [-0.15, -0.1) is 0 Å². The van der Waals surface area contributed by atoms with Crippen molar-refractivity contribution in [2.75, 3.05) is 5.32 Å². The van der Waals surface area contributed by atoms with E-state index in [0.717, 1.165) is 9.79 Å². The molecule has 3 aromatic carbocycles. The third-order valence-electron chi connectivity index (χ3n) is 4.64. The van der Waals surface area contributed by atoms with E-state index in [1.165, 1.54) is 4.68 Å². The second kappa shape index (κ2) is 8.55. The molecular formula is C24H21N3O2S. The summed E-state index contributed by atoms with van der Waals surface area (Å²) in [5.74, 6) is -0.346. The third kappa shape index (κ3) is 4.00. The first kappa shape index (κ1) is 19.9. The van der Waals surface area contributed by atoms with Crippen LogP contribution in [0.4, 0.5) is 5.69 Å². The van der Waals surface area contributed by atoms with Crippen LogP contribution in [0.1, 0.15) is 30.4 Å². The Kier molecular flexibility index (Phi) is 5.68. The van der Waals surface area contributed by atoms with Crippen molar-refractivity contribution in [3.8, 4) is 0 Å². The average molecular weight is 416 g/mol. The lowest BCUT2D eigenvalue weighted by Crippen LogP contribution is -2.29. The monoisotopic (exact) mass is 415 g/mol. The minimum atomic E-state index is -0.346. The number of hydrogen-bond acceptors (Lipinski definition) is 4. The highest BCUT2D eigenvalue weighted by atomic mass is 32.2. The van der Waals surface area contributed by atoms with E-state index in [-0.39, 0.29) is 23.2 Å². The summed E-state index contributed by atoms with van der Waals surface area (Å²) in [6.45, 7) is 3.74. The third-order valence-corrected chi connectivity index (χ3v) is 5.72. The predicted molar refractivity (Wildman–Crippen MR) is 121 cm³/mol. The molecule has 1 N–H and O–H groups in total. The number of carbonyl (C=O) groups is 1. The summed E-state index contributed by atoms with van der Waals surface area (Å²) in [5, 5.41) is 8.41. The van der Waals surface area contributed by atoms with Crippen LogP contribution >= 0.6 is 11.8 Å². The van der Waals surface area contributed by atoms with Gasteiger partial charge in [0.05, 0.1) is 17.1 Å². The molecule has 1 aromatic heterocycles. The summed E-state index contributed by atoms with van der Waals surface area (Å²) in [7, 11) is 0. The maximum Gasteiger partial charge on any atom is 0.276 e. The van der Waals surface area contributed by atoms with Gasteiger partial charge in [0.25, 0.3) is 11.5 Å². The van der Waals surface area contributed by atoms with E-state index in [2.05, 4.69) is 10.4 Å². The molecule has 0 aliphatic carbocycles. The zero-order chi connectivity index (χ0) is 21.1. The van der Waals surface area contributed by atoms with Crippen LogP contribution in [0.2, 0.25) is 0 Å². The Morgan fingerprint density at radius 1 is 0.900 bits per heavy atom. The Morgan fingerprint density at radius 3 is 2.27 bits per heavy atom. The zero-order valence-corrected chi connectivity index (χ0v) is 17.5. The number of aromatic nitrogens is 2. The van der Waals surface area contributed by atoms with E-state index < -0.39 is 0 Å². The van der Waals surface area contributed by atoms with Crippen LogP contribution in [-0.4, -0.2) is 15.7 Å². The molecule has 5 nitrogen and oxygen atoms in total. The molecule has 0 spiro atoms. The summed E-state index contributed by atoms with van der Waals surface area (Å²) in [5.41, 5.74) is 0.736. The second-order valence-corrected chi connectivity index (χ2v) is 8.22. The van der Waals surface area contributed by atoms with Crippen molar-refractivity contribution in [2.45, 2.75) is 29.7 Å². The van der Waals surface area contributed by atoms with Gasteiger partial charge in [-0.1, -0.05) is 60.3 Å². The first-order chi connectivity index (χ1) is 14.5. The number of amides is 1. The molecule has 0 unspecified atom stereocenters. The quantitative estimate of drug-likeness (QED) is 0.475. The molecule has 0 fully saturated rings. The maximum absolute atomic E-state index is 13.2. The fourth-order valence-electron chi connectivity index (χ4n) is 3.18. The number of rotatable bonds is 5. The molecule has 0 saturated heterocycles. The predicted octanol–water partition coefficient (Wildman–Crippen LogP) is 5.38. The Bertz CT molecular complexity index is 1270. The molecule has 0 bridgehead atoms. The zero-order valence-electron chi connectivity index (χ0n) is 16.7. The van der Waals surface area contributed by atoms with Gasteiger partial charge < -0.3 is 5.32 Å². The Hall–Kier alpha value is -3.38. The van der Waals surface area contributed by atoms with Gasteiger partial charge in [0, 0.05) is 15.2 Å². The van der Waals surface area contributed by atoms with Crippen molar-refractivity contribution < 1.29 is 4.79 Å². The molecule has 6 heteroatoms. The normalized spacial score (nSPS) is 11.0. The minimum absolute atomic E-state index is 0.158. The lowest BCUT2D eigenvalue weighted by atomic mass is 10.1. The van der Waals surface area contributed by atoms with E-state index in [0.29, 0.717) is 16.5 Å². The summed E-state index contributed by atoms with van der Waals surface area (Å²) in [6, 6.07) is 24.6. The van der Waals surface area contributed by atoms with Gasteiger partial charge in [-0.2, -0.15) is 5.10 Å². The van der Waals surface area contributed by atoms with Crippen LogP contribution in [0.15, 0.2) is 93.4 Å². The van der Waals surface area contributed by atoms with Gasteiger partial charge in [0.2, 0.25) is 0 Å². The average Bonchev–Trinajstić information content (AvgIpc) is 2.76. The second-order valence-electron chi connectivity index (χ2n) is 7.10. The molecule has 30 heavy (non-hydrogen) atoms. The molecule has 150 valence electrons. The standard InChI is InChI=1S/C24H21N3O2S/c1-16(2)27-24(29)19-13-7-6-12-18(19)22(26-27)23(28)25-20-14-8-9-15-21(20)30-17-10-4-3-5-11-17/h3-16H,1-2H3,(H,25,28). The summed E-state index contributed by atoms with van der Waals surface area (Å²) >= 11 is 1.58. The van der Waals surface area contributed by atoms with E-state index in [9.17, 15) is 9.59 Å². The number of nitrogens with zero attached hydrogens (tertiary/aromatic N) is 2. The lowest BCUT2D eigenvalue weighted by Gasteiger charge is -2.14. The Labute approximate surface area is 178 Å². The SMILES string of the molecule is CC(C)n1nc(C(=O)Nc2ccccc2Sc2ccccc2)c2ccccc2c1=O. The van der Waals surface area contributed by atoms with Gasteiger partial charge in [0.1, 0.15) is 0 Å². The van der Waals surface area contributed by atoms with Gasteiger partial charge in [-0.3, -0.25) is 9.59 Å². The van der Waals surface area contributed by atoms with Crippen molar-refractivity contribution in [3.05, 3.63) is 94.9 Å². The van der Waals surface area contributed by atoms with Crippen LogP contribution in [0.25, 0.3) is 10.8 Å². The molecular weight excluding hydrogens is 394 g/mol. The summed E-state index contributed by atoms with van der Waals surface area (Å²) < 4.78 is 1.36. The van der Waals surface area contributed by atoms with Crippen LogP contribution in [0.3, 0.4) is 0 Å². The van der Waals surface area contributed by atoms with Crippen molar-refractivity contribution in [1.29, 1.82) is 0 Å². The molecule has 0 aliphatic rings. The largest absolute Gasteiger partial charge is 0.320 e. The van der Waals surface area contributed by atoms with Crippen molar-refractivity contribution in [3.63, 3.8) is 0 Å². The topological polar surface area (TPSA) is 64.0 Å². The van der Waals surface area contributed by atoms with Crippen molar-refractivity contribution in [1.82, 2.24) is 9.78 Å². The van der Waals surface area contributed by atoms with E-state index in [4.69, 9.17) is 0 Å². The molecule has 1 heterocycles. The maximum atomic E-state index is 13.2. The number of nitrogens with one attached hydrogen (secondary N) is 1. The highest BCUT2D eigenvalue weighted by Crippen LogP contribution is 2.33. The Balaban J connectivity index is 1.73. The molecule has 0 aliphatic heterocycles. The van der Waals surface area contributed by atoms with Gasteiger partial charge in [0.15, 0.2) is 5.69 Å². The highest BCUT2D eigenvalue weighted by Gasteiger charge is 2.19. The molecule has 4 rings (SSSR count). The summed E-state index contributed by atoms with van der Waals surface area (Å²) in [6.07, 6.45) is 0. The number of anilines is 1. The number of hydrogen-bond donors (Lipinski definition) is 1. The molecule has 0 atom stereocenters. The van der Waals surface area contributed by atoms with E-state index >= 15 is 0 Å². The van der Waals surface area contributed by atoms with E-state index in [1.54, 1.807) is 36.0 Å². The first-order valence-electron chi connectivity index (χ1n) is 9.69. The molecule has 4 aromatic rings. The number of fused-ring (bicyclic) bond motifs is 1. The fourth-order valence-corrected chi connectivity index (χ4v) is 4.10. The summed E-state index contributed by atoms with van der Waals surface area (Å²) in [4.78, 5) is 28.0.